The Morgan fingerprint density at radius 2 is 2.10 bits per heavy atom. The lowest BCUT2D eigenvalue weighted by molar-refractivity contribution is 0.0292. The van der Waals surface area contributed by atoms with Gasteiger partial charge in [0.2, 0.25) is 0 Å². The van der Waals surface area contributed by atoms with Gasteiger partial charge in [-0.15, -0.1) is 0 Å². The number of nitrogens with zero attached hydrogens (tertiary/aromatic N) is 1. The maximum atomic E-state index is 12.0. The first kappa shape index (κ1) is 15.2. The second kappa shape index (κ2) is 5.65. The van der Waals surface area contributed by atoms with E-state index in [0.29, 0.717) is 12.5 Å². The van der Waals surface area contributed by atoms with E-state index in [1.54, 1.807) is 4.90 Å². The molecule has 0 radical (unpaired) electrons. The molecule has 20 heavy (non-hydrogen) atoms. The van der Waals surface area contributed by atoms with Crippen molar-refractivity contribution in [3.8, 4) is 0 Å². The van der Waals surface area contributed by atoms with E-state index in [2.05, 4.69) is 6.07 Å². The third kappa shape index (κ3) is 3.66. The van der Waals surface area contributed by atoms with Crippen molar-refractivity contribution in [3.05, 3.63) is 34.3 Å². The van der Waals surface area contributed by atoms with Gasteiger partial charge in [0.05, 0.1) is 0 Å². The van der Waals surface area contributed by atoms with Gasteiger partial charge in [-0.25, -0.2) is 4.79 Å². The highest BCUT2D eigenvalue weighted by Crippen LogP contribution is 2.30. The number of carbonyl (C=O) groups excluding carboxylic acids is 1. The van der Waals surface area contributed by atoms with Gasteiger partial charge in [-0.2, -0.15) is 0 Å². The van der Waals surface area contributed by atoms with E-state index in [9.17, 15) is 4.79 Å². The molecule has 0 aromatic heterocycles. The average Bonchev–Trinajstić information content (AvgIpc) is 2.80. The first-order valence-corrected chi connectivity index (χ1v) is 7.38. The summed E-state index contributed by atoms with van der Waals surface area (Å²) >= 11 is 6.17. The van der Waals surface area contributed by atoms with Gasteiger partial charge in [-0.1, -0.05) is 23.7 Å². The van der Waals surface area contributed by atoms with Gasteiger partial charge in [0, 0.05) is 24.0 Å². The summed E-state index contributed by atoms with van der Waals surface area (Å²) in [6, 6.07) is 6.15. The van der Waals surface area contributed by atoms with Crippen LogP contribution in [0.3, 0.4) is 0 Å². The summed E-state index contributed by atoms with van der Waals surface area (Å²) in [6.45, 7) is 9.10. The molecule has 110 valence electrons. The number of aryl methyl sites for hydroxylation is 1. The molecule has 1 aliphatic rings. The largest absolute Gasteiger partial charge is 0.444 e. The minimum absolute atomic E-state index is 0.224. The molecule has 1 aromatic rings. The Kier molecular flexibility index (Phi) is 4.28. The number of carbonyl (C=O) groups is 1. The highest BCUT2D eigenvalue weighted by molar-refractivity contribution is 6.31. The zero-order chi connectivity index (χ0) is 14.9. The molecule has 0 N–H and O–H groups in total. The van der Waals surface area contributed by atoms with Crippen molar-refractivity contribution in [1.29, 1.82) is 0 Å². The SMILES string of the molecule is Cc1ccc(C2CCN(C(=O)OC(C)(C)C)C2)cc1Cl. The molecule has 1 atom stereocenters. The summed E-state index contributed by atoms with van der Waals surface area (Å²) < 4.78 is 5.41. The van der Waals surface area contributed by atoms with Gasteiger partial charge in [-0.05, 0) is 51.3 Å². The summed E-state index contributed by atoms with van der Waals surface area (Å²) in [5.74, 6) is 0.348. The second-order valence-corrected chi connectivity index (χ2v) is 6.83. The number of hydrogen-bond acceptors (Lipinski definition) is 2. The number of halogens is 1. The molecule has 3 nitrogen and oxygen atoms in total. The zero-order valence-corrected chi connectivity index (χ0v) is 13.3. The minimum Gasteiger partial charge on any atom is -0.444 e. The quantitative estimate of drug-likeness (QED) is 0.770. The molecule has 0 saturated carbocycles. The molecule has 1 aliphatic heterocycles. The number of amides is 1. The average molecular weight is 296 g/mol. The van der Waals surface area contributed by atoms with Crippen LogP contribution in [-0.4, -0.2) is 29.7 Å². The number of likely N-dealkylation sites (tertiary alicyclic amines) is 1. The molecule has 1 amide bonds. The molecule has 0 aliphatic carbocycles. The maximum absolute atomic E-state index is 12.0. The van der Waals surface area contributed by atoms with Crippen molar-refractivity contribution in [2.75, 3.05) is 13.1 Å². The Balaban J connectivity index is 2.01. The molecule has 1 heterocycles. The number of ether oxygens (including phenoxy) is 1. The van der Waals surface area contributed by atoms with Crippen LogP contribution in [0.4, 0.5) is 4.79 Å². The predicted octanol–water partition coefficient (Wildman–Crippen LogP) is 4.37. The van der Waals surface area contributed by atoms with E-state index < -0.39 is 5.60 Å². The van der Waals surface area contributed by atoms with Crippen LogP contribution in [0, 0.1) is 6.92 Å². The first-order chi connectivity index (χ1) is 9.26. The fourth-order valence-electron chi connectivity index (χ4n) is 2.39. The molecule has 0 bridgehead atoms. The Morgan fingerprint density at radius 1 is 1.40 bits per heavy atom. The maximum Gasteiger partial charge on any atom is 0.410 e. The van der Waals surface area contributed by atoms with Gasteiger partial charge in [0.25, 0.3) is 0 Å². The summed E-state index contributed by atoms with van der Waals surface area (Å²) in [5, 5.41) is 0.790. The smallest absolute Gasteiger partial charge is 0.410 e. The van der Waals surface area contributed by atoms with E-state index >= 15 is 0 Å². The third-order valence-electron chi connectivity index (χ3n) is 3.51. The van der Waals surface area contributed by atoms with Crippen LogP contribution < -0.4 is 0 Å². The Morgan fingerprint density at radius 3 is 2.70 bits per heavy atom. The molecule has 2 rings (SSSR count). The summed E-state index contributed by atoms with van der Waals surface area (Å²) in [5.41, 5.74) is 1.84. The van der Waals surface area contributed by atoms with Crippen LogP contribution in [0.25, 0.3) is 0 Å². The Bertz CT molecular complexity index is 508. The second-order valence-electron chi connectivity index (χ2n) is 6.42. The van der Waals surface area contributed by atoms with Gasteiger partial charge >= 0.3 is 6.09 Å². The fourth-order valence-corrected chi connectivity index (χ4v) is 2.58. The fraction of sp³-hybridized carbons (Fsp3) is 0.562. The molecule has 1 fully saturated rings. The summed E-state index contributed by atoms with van der Waals surface area (Å²) in [6.07, 6.45) is 0.733. The molecule has 1 saturated heterocycles. The molecule has 1 aromatic carbocycles. The topological polar surface area (TPSA) is 29.5 Å². The monoisotopic (exact) mass is 295 g/mol. The molecule has 0 spiro atoms. The van der Waals surface area contributed by atoms with Crippen molar-refractivity contribution in [3.63, 3.8) is 0 Å². The molecule has 4 heteroatoms. The van der Waals surface area contributed by atoms with Gasteiger partial charge in [0.1, 0.15) is 5.60 Å². The van der Waals surface area contributed by atoms with E-state index in [1.165, 1.54) is 5.56 Å². The van der Waals surface area contributed by atoms with Crippen LogP contribution in [0.15, 0.2) is 18.2 Å². The Labute approximate surface area is 125 Å². The van der Waals surface area contributed by atoms with Crippen LogP contribution >= 0.6 is 11.6 Å². The lowest BCUT2D eigenvalue weighted by atomic mass is 9.97. The van der Waals surface area contributed by atoms with E-state index in [0.717, 1.165) is 23.6 Å². The van der Waals surface area contributed by atoms with Gasteiger partial charge < -0.3 is 9.64 Å². The summed E-state index contributed by atoms with van der Waals surface area (Å²) in [4.78, 5) is 13.8. The van der Waals surface area contributed by atoms with E-state index in [4.69, 9.17) is 16.3 Å². The highest BCUT2D eigenvalue weighted by Gasteiger charge is 2.30. The van der Waals surface area contributed by atoms with Crippen molar-refractivity contribution >= 4 is 17.7 Å². The number of hydrogen-bond donors (Lipinski definition) is 0. The number of rotatable bonds is 1. The third-order valence-corrected chi connectivity index (χ3v) is 3.91. The molecular formula is C16H22ClNO2. The van der Waals surface area contributed by atoms with E-state index in [-0.39, 0.29) is 6.09 Å². The van der Waals surface area contributed by atoms with Crippen LogP contribution in [0.5, 0.6) is 0 Å². The number of benzene rings is 1. The van der Waals surface area contributed by atoms with Crippen molar-refractivity contribution in [2.45, 2.75) is 45.6 Å². The van der Waals surface area contributed by atoms with Crippen LogP contribution in [-0.2, 0) is 4.74 Å². The predicted molar refractivity (Wildman–Crippen MR) is 81.4 cm³/mol. The molecular weight excluding hydrogens is 274 g/mol. The van der Waals surface area contributed by atoms with Crippen LogP contribution in [0.2, 0.25) is 5.02 Å². The lowest BCUT2D eigenvalue weighted by Gasteiger charge is -2.24. The van der Waals surface area contributed by atoms with E-state index in [1.807, 2.05) is 39.8 Å². The lowest BCUT2D eigenvalue weighted by Crippen LogP contribution is -2.35. The Hall–Kier alpha value is -1.22. The van der Waals surface area contributed by atoms with Crippen molar-refractivity contribution in [2.24, 2.45) is 0 Å². The van der Waals surface area contributed by atoms with Gasteiger partial charge in [-0.3, -0.25) is 0 Å². The minimum atomic E-state index is -0.442. The first-order valence-electron chi connectivity index (χ1n) is 7.00. The van der Waals surface area contributed by atoms with Gasteiger partial charge in [0.15, 0.2) is 0 Å². The van der Waals surface area contributed by atoms with Crippen molar-refractivity contribution < 1.29 is 9.53 Å². The van der Waals surface area contributed by atoms with Crippen molar-refractivity contribution in [1.82, 2.24) is 4.90 Å². The normalized spacial score (nSPS) is 19.2. The molecule has 1 unspecified atom stereocenters. The zero-order valence-electron chi connectivity index (χ0n) is 12.6. The van der Waals surface area contributed by atoms with Crippen LogP contribution in [0.1, 0.15) is 44.2 Å². The standard InChI is InChI=1S/C16H22ClNO2/c1-11-5-6-12(9-14(11)17)13-7-8-18(10-13)15(19)20-16(2,3)4/h5-6,9,13H,7-8,10H2,1-4H3. The highest BCUT2D eigenvalue weighted by atomic mass is 35.5. The summed E-state index contributed by atoms with van der Waals surface area (Å²) in [7, 11) is 0.